The number of ether oxygens (including phenoxy) is 2. The fraction of sp³-hybridized carbons (Fsp3) is 0.875. The van der Waals surface area contributed by atoms with E-state index in [-0.39, 0.29) is 30.5 Å². The smallest absolute Gasteiger partial charge is 0.246 e. The number of quaternary nitrogens is 1. The van der Waals surface area contributed by atoms with Gasteiger partial charge in [-0.2, -0.15) is 0 Å². The highest BCUT2D eigenvalue weighted by molar-refractivity contribution is 5.89. The predicted octanol–water partition coefficient (Wildman–Crippen LogP) is 0.987. The maximum Gasteiger partial charge on any atom is 0.246 e. The van der Waals surface area contributed by atoms with Gasteiger partial charge >= 0.3 is 0 Å². The van der Waals surface area contributed by atoms with Gasteiger partial charge in [0.25, 0.3) is 0 Å². The number of hydrogen-bond acceptors (Lipinski definition) is 4. The topological polar surface area (TPSA) is 64.6 Å². The Bertz CT molecular complexity index is 349. The molecular weight excluding hydrogens is 284 g/mol. The van der Waals surface area contributed by atoms with Crippen LogP contribution in [-0.4, -0.2) is 75.3 Å². The van der Waals surface area contributed by atoms with Crippen molar-refractivity contribution in [2.24, 2.45) is 0 Å². The van der Waals surface area contributed by atoms with Crippen molar-refractivity contribution in [2.75, 3.05) is 40.9 Å². The lowest BCUT2D eigenvalue weighted by Gasteiger charge is -2.29. The molecule has 1 atom stereocenters. The Hall–Kier alpha value is -0.980. The van der Waals surface area contributed by atoms with Crippen LogP contribution in [0.3, 0.4) is 0 Å². The Morgan fingerprint density at radius 1 is 1.00 bits per heavy atom. The first kappa shape index (κ1) is 21.0. The summed E-state index contributed by atoms with van der Waals surface area (Å²) in [5.74, 6) is -0.267. The highest BCUT2D eigenvalue weighted by Crippen LogP contribution is 2.02. The van der Waals surface area contributed by atoms with Gasteiger partial charge in [-0.05, 0) is 27.7 Å². The second-order valence-electron chi connectivity index (χ2n) is 7.09. The Balaban J connectivity index is 4.54. The summed E-state index contributed by atoms with van der Waals surface area (Å²) in [6.07, 6.45) is 0.380. The van der Waals surface area contributed by atoms with Gasteiger partial charge in [0.1, 0.15) is 19.2 Å². The number of hydrogen-bond donors (Lipinski definition) is 1. The molecule has 0 radical (unpaired) electrons. The summed E-state index contributed by atoms with van der Waals surface area (Å²) in [4.78, 5) is 24.2. The van der Waals surface area contributed by atoms with E-state index in [2.05, 4.69) is 5.32 Å². The van der Waals surface area contributed by atoms with Crippen molar-refractivity contribution in [1.29, 1.82) is 0 Å². The molecule has 0 heterocycles. The average Bonchev–Trinajstić information content (AvgIpc) is 2.33. The Labute approximate surface area is 134 Å². The van der Waals surface area contributed by atoms with Gasteiger partial charge in [0.2, 0.25) is 5.91 Å². The molecule has 1 amide bonds. The number of nitrogens with one attached hydrogen (secondary N) is 1. The third-order valence-corrected chi connectivity index (χ3v) is 2.80. The average molecular weight is 317 g/mol. The molecule has 0 aromatic heterocycles. The van der Waals surface area contributed by atoms with Crippen molar-refractivity contribution >= 4 is 11.7 Å². The molecule has 0 saturated carbocycles. The van der Waals surface area contributed by atoms with Crippen LogP contribution in [0.1, 0.15) is 34.1 Å². The maximum atomic E-state index is 12.3. The first-order valence-electron chi connectivity index (χ1n) is 7.87. The largest absolute Gasteiger partial charge is 0.378 e. The third-order valence-electron chi connectivity index (χ3n) is 2.80. The molecule has 6 heteroatoms. The van der Waals surface area contributed by atoms with Crippen LogP contribution in [0.25, 0.3) is 0 Å². The number of Topliss-reactive ketones (excluding diaryl/α,β-unsaturated/α-hetero) is 1. The van der Waals surface area contributed by atoms with Crippen LogP contribution in [0, 0.1) is 0 Å². The van der Waals surface area contributed by atoms with Gasteiger partial charge in [0, 0.05) is 6.42 Å². The second-order valence-corrected chi connectivity index (χ2v) is 7.09. The van der Waals surface area contributed by atoms with E-state index in [0.29, 0.717) is 24.1 Å². The van der Waals surface area contributed by atoms with Crippen LogP contribution >= 0.6 is 0 Å². The Morgan fingerprint density at radius 3 is 2.00 bits per heavy atom. The molecule has 0 spiro atoms. The number of nitrogens with zero attached hydrogens (tertiary/aromatic N) is 1. The second kappa shape index (κ2) is 9.92. The standard InChI is InChI=1S/C16H32N2O4/c1-12(2)21-9-8-15(19)14(10-18(5,6)7)17-16(20)11-22-13(3)4/h12-14H,8-11H2,1-7H3/p+1. The SMILES string of the molecule is CC(C)OCCC(=O)C(C[N+](C)(C)C)NC(=O)COC(C)C. The zero-order valence-corrected chi connectivity index (χ0v) is 15.1. The lowest BCUT2D eigenvalue weighted by Crippen LogP contribution is -2.53. The van der Waals surface area contributed by atoms with Crippen molar-refractivity contribution in [2.45, 2.75) is 52.4 Å². The van der Waals surface area contributed by atoms with Gasteiger partial charge in [-0.15, -0.1) is 0 Å². The fourth-order valence-electron chi connectivity index (χ4n) is 1.82. The van der Waals surface area contributed by atoms with Crippen LogP contribution < -0.4 is 5.32 Å². The lowest BCUT2D eigenvalue weighted by atomic mass is 10.1. The number of amides is 1. The summed E-state index contributed by atoms with van der Waals surface area (Å²) in [7, 11) is 5.96. The molecular formula is C16H33N2O4+. The summed E-state index contributed by atoms with van der Waals surface area (Å²) in [5, 5.41) is 2.78. The minimum absolute atomic E-state index is 0.00778. The van der Waals surface area contributed by atoms with Crippen molar-refractivity contribution in [3.8, 4) is 0 Å². The van der Waals surface area contributed by atoms with E-state index >= 15 is 0 Å². The van der Waals surface area contributed by atoms with Gasteiger partial charge < -0.3 is 19.3 Å². The summed E-state index contributed by atoms with van der Waals surface area (Å²) >= 11 is 0. The molecule has 0 aromatic rings. The molecule has 0 rings (SSSR count). The van der Waals surface area contributed by atoms with E-state index in [0.717, 1.165) is 0 Å². The first-order chi connectivity index (χ1) is 10.0. The van der Waals surface area contributed by atoms with Crippen LogP contribution in [0.5, 0.6) is 0 Å². The van der Waals surface area contributed by atoms with Crippen molar-refractivity contribution in [3.05, 3.63) is 0 Å². The van der Waals surface area contributed by atoms with Gasteiger partial charge in [-0.3, -0.25) is 9.59 Å². The van der Waals surface area contributed by atoms with E-state index in [9.17, 15) is 9.59 Å². The van der Waals surface area contributed by atoms with E-state index in [1.54, 1.807) is 0 Å². The molecule has 0 aliphatic rings. The van der Waals surface area contributed by atoms with Crippen LogP contribution in [0.4, 0.5) is 0 Å². The lowest BCUT2D eigenvalue weighted by molar-refractivity contribution is -0.870. The zero-order valence-electron chi connectivity index (χ0n) is 15.1. The van der Waals surface area contributed by atoms with Gasteiger partial charge in [-0.1, -0.05) is 0 Å². The molecule has 0 fully saturated rings. The number of carbonyl (C=O) groups excluding carboxylic acids is 2. The van der Waals surface area contributed by atoms with Crippen LogP contribution in [-0.2, 0) is 19.1 Å². The molecule has 22 heavy (non-hydrogen) atoms. The number of carbonyl (C=O) groups is 2. The van der Waals surface area contributed by atoms with Crippen molar-refractivity contribution < 1.29 is 23.5 Å². The molecule has 130 valence electrons. The maximum absolute atomic E-state index is 12.3. The minimum Gasteiger partial charge on any atom is -0.378 e. The van der Waals surface area contributed by atoms with E-state index in [1.807, 2.05) is 48.8 Å². The van der Waals surface area contributed by atoms with Crippen molar-refractivity contribution in [1.82, 2.24) is 5.32 Å². The molecule has 0 saturated heterocycles. The summed E-state index contributed by atoms with van der Waals surface area (Å²) in [6.45, 7) is 8.48. The number of rotatable bonds is 11. The molecule has 0 aliphatic heterocycles. The zero-order chi connectivity index (χ0) is 17.3. The van der Waals surface area contributed by atoms with Crippen molar-refractivity contribution in [3.63, 3.8) is 0 Å². The summed E-state index contributed by atoms with van der Waals surface area (Å²) in [5.41, 5.74) is 0. The monoisotopic (exact) mass is 317 g/mol. The molecule has 0 bridgehead atoms. The quantitative estimate of drug-likeness (QED) is 0.577. The first-order valence-corrected chi connectivity index (χ1v) is 7.87. The highest BCUT2D eigenvalue weighted by Gasteiger charge is 2.26. The third kappa shape index (κ3) is 11.7. The molecule has 1 N–H and O–H groups in total. The molecule has 0 aromatic carbocycles. The van der Waals surface area contributed by atoms with E-state index in [4.69, 9.17) is 9.47 Å². The summed E-state index contributed by atoms with van der Waals surface area (Å²) < 4.78 is 11.3. The number of ketones is 1. The number of likely N-dealkylation sites (N-methyl/N-ethyl adjacent to an activating group) is 1. The van der Waals surface area contributed by atoms with Gasteiger partial charge in [-0.25, -0.2) is 0 Å². The van der Waals surface area contributed by atoms with E-state index < -0.39 is 6.04 Å². The Kier molecular flexibility index (Phi) is 9.48. The van der Waals surface area contributed by atoms with Crippen LogP contribution in [0.2, 0.25) is 0 Å². The van der Waals surface area contributed by atoms with E-state index in [1.165, 1.54) is 0 Å². The predicted molar refractivity (Wildman–Crippen MR) is 86.6 cm³/mol. The molecule has 1 unspecified atom stereocenters. The van der Waals surface area contributed by atoms with Gasteiger partial charge in [0.15, 0.2) is 5.78 Å². The van der Waals surface area contributed by atoms with Gasteiger partial charge in [0.05, 0.1) is 40.0 Å². The Morgan fingerprint density at radius 2 is 1.55 bits per heavy atom. The summed E-state index contributed by atoms with van der Waals surface area (Å²) in [6, 6.07) is -0.515. The minimum atomic E-state index is -0.515. The fourth-order valence-corrected chi connectivity index (χ4v) is 1.82. The highest BCUT2D eigenvalue weighted by atomic mass is 16.5. The molecule has 6 nitrogen and oxygen atoms in total. The molecule has 0 aliphatic carbocycles. The normalized spacial score (nSPS) is 13.5. The van der Waals surface area contributed by atoms with Crippen LogP contribution in [0.15, 0.2) is 0 Å².